The molecule has 0 aliphatic carbocycles. The van der Waals surface area contributed by atoms with Crippen LogP contribution in [0.3, 0.4) is 0 Å². The van der Waals surface area contributed by atoms with Gasteiger partial charge in [-0.15, -0.1) is 0 Å². The number of rotatable bonds is 5. The summed E-state index contributed by atoms with van der Waals surface area (Å²) in [5, 5.41) is 2.66. The number of carbonyl (C=O) groups excluding carboxylic acids is 1. The Morgan fingerprint density at radius 3 is 2.44 bits per heavy atom. The van der Waals surface area contributed by atoms with Gasteiger partial charge < -0.3 is 16.0 Å². The van der Waals surface area contributed by atoms with E-state index in [-0.39, 0.29) is 6.04 Å². The lowest BCUT2D eigenvalue weighted by Gasteiger charge is -2.32. The molecule has 106 valence electrons. The largest absolute Gasteiger partial charge is 0.389 e. The minimum Gasteiger partial charge on any atom is -0.353 e. The Labute approximate surface area is 105 Å². The first-order valence-corrected chi connectivity index (χ1v) is 6.19. The second kappa shape index (κ2) is 6.94. The summed E-state index contributed by atoms with van der Waals surface area (Å²) in [6.07, 6.45) is -4.24. The number of piperidine rings is 1. The molecule has 0 unspecified atom stereocenters. The third-order valence-corrected chi connectivity index (χ3v) is 3.03. The predicted octanol–water partition coefficient (Wildman–Crippen LogP) is 0.868. The fourth-order valence-corrected chi connectivity index (χ4v) is 2.04. The molecule has 7 heteroatoms. The van der Waals surface area contributed by atoms with Gasteiger partial charge in [0.25, 0.3) is 0 Å². The van der Waals surface area contributed by atoms with E-state index in [1.165, 1.54) is 0 Å². The zero-order valence-corrected chi connectivity index (χ0v) is 10.3. The van der Waals surface area contributed by atoms with Crippen LogP contribution >= 0.6 is 0 Å². The fraction of sp³-hybridized carbons (Fsp3) is 0.909. The predicted molar refractivity (Wildman–Crippen MR) is 61.9 cm³/mol. The highest BCUT2D eigenvalue weighted by Crippen LogP contribution is 2.21. The van der Waals surface area contributed by atoms with Crippen molar-refractivity contribution in [3.8, 4) is 0 Å². The SMILES string of the molecule is NCCN1CCC(NC(=O)CCC(F)(F)F)CC1. The summed E-state index contributed by atoms with van der Waals surface area (Å²) < 4.78 is 35.8. The lowest BCUT2D eigenvalue weighted by Crippen LogP contribution is -2.45. The second-order valence-electron chi connectivity index (χ2n) is 4.59. The molecule has 1 saturated heterocycles. The van der Waals surface area contributed by atoms with Crippen LogP contribution in [0, 0.1) is 0 Å². The van der Waals surface area contributed by atoms with E-state index in [0.29, 0.717) is 6.54 Å². The van der Waals surface area contributed by atoms with E-state index >= 15 is 0 Å². The van der Waals surface area contributed by atoms with Gasteiger partial charge in [-0.2, -0.15) is 13.2 Å². The van der Waals surface area contributed by atoms with Crippen LogP contribution in [0.4, 0.5) is 13.2 Å². The summed E-state index contributed by atoms with van der Waals surface area (Å²) in [5.41, 5.74) is 5.44. The van der Waals surface area contributed by atoms with Gasteiger partial charge in [0.1, 0.15) is 0 Å². The van der Waals surface area contributed by atoms with Crippen LogP contribution in [0.25, 0.3) is 0 Å². The van der Waals surface area contributed by atoms with Gasteiger partial charge in [-0.1, -0.05) is 0 Å². The summed E-state index contributed by atoms with van der Waals surface area (Å²) in [6, 6.07) is -0.000224. The van der Waals surface area contributed by atoms with Gasteiger partial charge in [0, 0.05) is 38.6 Å². The molecule has 4 nitrogen and oxygen atoms in total. The van der Waals surface area contributed by atoms with Crippen LogP contribution in [0.5, 0.6) is 0 Å². The highest BCUT2D eigenvalue weighted by molar-refractivity contribution is 5.76. The van der Waals surface area contributed by atoms with Crippen LogP contribution in [0.15, 0.2) is 0 Å². The Kier molecular flexibility index (Phi) is 5.87. The number of hydrogen-bond acceptors (Lipinski definition) is 3. The number of halogens is 3. The van der Waals surface area contributed by atoms with Crippen molar-refractivity contribution >= 4 is 5.91 Å². The molecule has 1 aliphatic rings. The molecule has 3 N–H and O–H groups in total. The summed E-state index contributed by atoms with van der Waals surface area (Å²) in [6.45, 7) is 3.10. The molecule has 0 bridgehead atoms. The average molecular weight is 267 g/mol. The molecule has 0 spiro atoms. The summed E-state index contributed by atoms with van der Waals surface area (Å²) in [7, 11) is 0. The maximum Gasteiger partial charge on any atom is 0.389 e. The number of nitrogens with zero attached hydrogens (tertiary/aromatic N) is 1. The maximum absolute atomic E-state index is 11.9. The standard InChI is InChI=1S/C11H20F3N3O/c12-11(13,14)4-1-10(18)16-9-2-6-17(7-3-9)8-5-15/h9H,1-8,15H2,(H,16,18). The Morgan fingerprint density at radius 2 is 1.94 bits per heavy atom. The average Bonchev–Trinajstić information content (AvgIpc) is 2.29. The topological polar surface area (TPSA) is 58.4 Å². The van der Waals surface area contributed by atoms with Crippen molar-refractivity contribution in [1.82, 2.24) is 10.2 Å². The first-order chi connectivity index (χ1) is 8.40. The molecule has 1 fully saturated rings. The van der Waals surface area contributed by atoms with E-state index in [4.69, 9.17) is 5.73 Å². The van der Waals surface area contributed by atoms with Gasteiger partial charge in [0.15, 0.2) is 0 Å². The number of amides is 1. The van der Waals surface area contributed by atoms with Crippen molar-refractivity contribution in [2.24, 2.45) is 5.73 Å². The molecule has 0 saturated carbocycles. The molecule has 1 heterocycles. The maximum atomic E-state index is 11.9. The molecular formula is C11H20F3N3O. The number of hydrogen-bond donors (Lipinski definition) is 2. The first-order valence-electron chi connectivity index (χ1n) is 6.19. The molecule has 0 radical (unpaired) electrons. The van der Waals surface area contributed by atoms with Crippen LogP contribution in [0.1, 0.15) is 25.7 Å². The Balaban J connectivity index is 2.18. The molecule has 18 heavy (non-hydrogen) atoms. The lowest BCUT2D eigenvalue weighted by molar-refractivity contribution is -0.144. The minimum atomic E-state index is -4.26. The third-order valence-electron chi connectivity index (χ3n) is 3.03. The third kappa shape index (κ3) is 6.20. The molecule has 1 rings (SSSR count). The van der Waals surface area contributed by atoms with E-state index < -0.39 is 24.9 Å². The summed E-state index contributed by atoms with van der Waals surface area (Å²) >= 11 is 0. The molecule has 0 atom stereocenters. The van der Waals surface area contributed by atoms with Crippen molar-refractivity contribution in [3.63, 3.8) is 0 Å². The molecule has 0 aromatic carbocycles. The van der Waals surface area contributed by atoms with Gasteiger partial charge in [-0.05, 0) is 12.8 Å². The van der Waals surface area contributed by atoms with E-state index in [1.54, 1.807) is 0 Å². The first kappa shape index (κ1) is 15.2. The van der Waals surface area contributed by atoms with Gasteiger partial charge >= 0.3 is 6.18 Å². The van der Waals surface area contributed by atoms with Crippen LogP contribution in [0.2, 0.25) is 0 Å². The van der Waals surface area contributed by atoms with Crippen LogP contribution in [-0.2, 0) is 4.79 Å². The van der Waals surface area contributed by atoms with Crippen molar-refractivity contribution < 1.29 is 18.0 Å². The minimum absolute atomic E-state index is 0.000224. The van der Waals surface area contributed by atoms with E-state index in [2.05, 4.69) is 10.2 Å². The number of carbonyl (C=O) groups is 1. The Morgan fingerprint density at radius 1 is 1.33 bits per heavy atom. The second-order valence-corrected chi connectivity index (χ2v) is 4.59. The molecular weight excluding hydrogens is 247 g/mol. The van der Waals surface area contributed by atoms with Gasteiger partial charge in [0.2, 0.25) is 5.91 Å². The van der Waals surface area contributed by atoms with E-state index in [0.717, 1.165) is 32.5 Å². The summed E-state index contributed by atoms with van der Waals surface area (Å²) in [4.78, 5) is 13.5. The molecule has 1 aliphatic heterocycles. The van der Waals surface area contributed by atoms with Crippen molar-refractivity contribution in [2.45, 2.75) is 37.9 Å². The van der Waals surface area contributed by atoms with Gasteiger partial charge in [-0.25, -0.2) is 0 Å². The lowest BCUT2D eigenvalue weighted by atomic mass is 10.0. The smallest absolute Gasteiger partial charge is 0.353 e. The number of alkyl halides is 3. The highest BCUT2D eigenvalue weighted by Gasteiger charge is 2.28. The van der Waals surface area contributed by atoms with Crippen LogP contribution in [-0.4, -0.2) is 49.2 Å². The molecule has 0 aromatic rings. The van der Waals surface area contributed by atoms with Crippen molar-refractivity contribution in [3.05, 3.63) is 0 Å². The van der Waals surface area contributed by atoms with E-state index in [9.17, 15) is 18.0 Å². The highest BCUT2D eigenvalue weighted by atomic mass is 19.4. The van der Waals surface area contributed by atoms with Gasteiger partial charge in [-0.3, -0.25) is 4.79 Å². The number of nitrogens with one attached hydrogen (secondary N) is 1. The molecule has 1 amide bonds. The molecule has 0 aromatic heterocycles. The Hall–Kier alpha value is -0.820. The Bertz CT molecular complexity index is 263. The zero-order valence-electron chi connectivity index (χ0n) is 10.3. The van der Waals surface area contributed by atoms with Crippen LogP contribution < -0.4 is 11.1 Å². The van der Waals surface area contributed by atoms with E-state index in [1.807, 2.05) is 0 Å². The van der Waals surface area contributed by atoms with Crippen molar-refractivity contribution in [1.29, 1.82) is 0 Å². The van der Waals surface area contributed by atoms with Gasteiger partial charge in [0.05, 0.1) is 6.42 Å². The fourth-order valence-electron chi connectivity index (χ4n) is 2.04. The monoisotopic (exact) mass is 267 g/mol. The summed E-state index contributed by atoms with van der Waals surface area (Å²) in [5.74, 6) is -0.510. The van der Waals surface area contributed by atoms with Crippen molar-refractivity contribution in [2.75, 3.05) is 26.2 Å². The number of nitrogens with two attached hydrogens (primary N) is 1. The quantitative estimate of drug-likeness (QED) is 0.777. The zero-order chi connectivity index (χ0) is 13.6. The number of likely N-dealkylation sites (tertiary alicyclic amines) is 1. The normalized spacial score (nSPS) is 18.9.